The van der Waals surface area contributed by atoms with Gasteiger partial charge in [-0.05, 0) is 48.9 Å². The van der Waals surface area contributed by atoms with Crippen LogP contribution in [0.4, 0.5) is 17.6 Å². The summed E-state index contributed by atoms with van der Waals surface area (Å²) < 4.78 is 79.3. The van der Waals surface area contributed by atoms with Gasteiger partial charge in [-0.2, -0.15) is 13.2 Å². The SMILES string of the molecule is Cc1c(-c2cccc(S(=O)(=O)C(F)(F)F)c2)c2cc(C(=O)N(C)C)ccc2n1CC(F)=CCN.Cl. The molecule has 2 aromatic carbocycles. The van der Waals surface area contributed by atoms with Crippen molar-refractivity contribution in [2.45, 2.75) is 23.9 Å². The van der Waals surface area contributed by atoms with E-state index in [0.717, 1.165) is 12.1 Å². The summed E-state index contributed by atoms with van der Waals surface area (Å²) in [6, 6.07) is 9.22. The Hall–Kier alpha value is -2.89. The lowest BCUT2D eigenvalue weighted by atomic mass is 10.0. The van der Waals surface area contributed by atoms with Gasteiger partial charge in [0.15, 0.2) is 0 Å². The third-order valence-electron chi connectivity index (χ3n) is 5.36. The van der Waals surface area contributed by atoms with Gasteiger partial charge in [0.05, 0.1) is 11.4 Å². The Balaban J connectivity index is 0.00000432. The minimum atomic E-state index is -5.58. The highest BCUT2D eigenvalue weighted by atomic mass is 35.5. The van der Waals surface area contributed by atoms with Crippen LogP contribution in [-0.2, 0) is 16.4 Å². The van der Waals surface area contributed by atoms with Gasteiger partial charge in [-0.1, -0.05) is 12.1 Å². The zero-order valence-electron chi connectivity index (χ0n) is 19.1. The van der Waals surface area contributed by atoms with E-state index >= 15 is 0 Å². The predicted molar refractivity (Wildman–Crippen MR) is 129 cm³/mol. The Morgan fingerprint density at radius 2 is 1.80 bits per heavy atom. The number of nitrogens with zero attached hydrogens (tertiary/aromatic N) is 2. The Bertz CT molecular complexity index is 1400. The predicted octanol–water partition coefficient (Wildman–Crippen LogP) is 4.85. The minimum absolute atomic E-state index is 0. The van der Waals surface area contributed by atoms with E-state index in [-0.39, 0.29) is 37.0 Å². The number of carbonyl (C=O) groups is 1. The van der Waals surface area contributed by atoms with E-state index in [9.17, 15) is 30.8 Å². The number of alkyl halides is 3. The fraction of sp³-hybridized carbons (Fsp3) is 0.261. The molecule has 2 N–H and O–H groups in total. The number of amides is 1. The zero-order chi connectivity index (χ0) is 25.4. The number of hydrogen-bond donors (Lipinski definition) is 1. The van der Waals surface area contributed by atoms with Crippen LogP contribution in [0.3, 0.4) is 0 Å². The van der Waals surface area contributed by atoms with E-state index in [4.69, 9.17) is 5.73 Å². The van der Waals surface area contributed by atoms with E-state index in [0.29, 0.717) is 27.7 Å². The van der Waals surface area contributed by atoms with Gasteiger partial charge in [0.2, 0.25) is 0 Å². The van der Waals surface area contributed by atoms with Gasteiger partial charge in [-0.25, -0.2) is 12.8 Å². The second-order valence-electron chi connectivity index (χ2n) is 7.84. The maximum atomic E-state index is 14.4. The van der Waals surface area contributed by atoms with Crippen molar-refractivity contribution in [2.24, 2.45) is 5.73 Å². The quantitative estimate of drug-likeness (QED) is 0.459. The maximum absolute atomic E-state index is 14.4. The van der Waals surface area contributed by atoms with Crippen molar-refractivity contribution < 1.29 is 30.8 Å². The van der Waals surface area contributed by atoms with Gasteiger partial charge >= 0.3 is 5.51 Å². The molecule has 190 valence electrons. The fourth-order valence-electron chi connectivity index (χ4n) is 3.74. The van der Waals surface area contributed by atoms with Crippen molar-refractivity contribution in [2.75, 3.05) is 20.6 Å². The number of hydrogen-bond acceptors (Lipinski definition) is 4. The Morgan fingerprint density at radius 1 is 1.14 bits per heavy atom. The molecule has 0 aliphatic heterocycles. The summed E-state index contributed by atoms with van der Waals surface area (Å²) >= 11 is 0. The number of benzene rings is 2. The first-order chi connectivity index (χ1) is 15.8. The summed E-state index contributed by atoms with van der Waals surface area (Å²) in [4.78, 5) is 13.0. The first kappa shape index (κ1) is 28.3. The van der Waals surface area contributed by atoms with E-state index < -0.39 is 26.1 Å². The van der Waals surface area contributed by atoms with Crippen LogP contribution in [0.1, 0.15) is 16.1 Å². The molecule has 1 heterocycles. The molecule has 1 aromatic heterocycles. The lowest BCUT2D eigenvalue weighted by molar-refractivity contribution is -0.0436. The lowest BCUT2D eigenvalue weighted by Gasteiger charge is -2.11. The van der Waals surface area contributed by atoms with Gasteiger partial charge in [-0.15, -0.1) is 12.4 Å². The molecule has 3 rings (SSSR count). The second-order valence-corrected chi connectivity index (χ2v) is 9.78. The largest absolute Gasteiger partial charge is 0.501 e. The van der Waals surface area contributed by atoms with Crippen molar-refractivity contribution in [3.05, 3.63) is 65.6 Å². The average Bonchev–Trinajstić information content (AvgIpc) is 3.03. The highest BCUT2D eigenvalue weighted by Gasteiger charge is 2.47. The topological polar surface area (TPSA) is 85.4 Å². The monoisotopic (exact) mass is 533 g/mol. The van der Waals surface area contributed by atoms with E-state index in [2.05, 4.69) is 0 Å². The molecule has 35 heavy (non-hydrogen) atoms. The Kier molecular flexibility index (Phi) is 8.41. The molecule has 0 bridgehead atoms. The zero-order valence-corrected chi connectivity index (χ0v) is 20.7. The number of carbonyl (C=O) groups excluding carboxylic acids is 1. The summed E-state index contributed by atoms with van der Waals surface area (Å²) in [5.74, 6) is -0.822. The van der Waals surface area contributed by atoms with Crippen LogP contribution in [0, 0.1) is 6.92 Å². The molecule has 6 nitrogen and oxygen atoms in total. The van der Waals surface area contributed by atoms with Crippen LogP contribution in [-0.4, -0.2) is 49.9 Å². The van der Waals surface area contributed by atoms with Crippen molar-refractivity contribution >= 4 is 39.1 Å². The Labute approximate surface area is 206 Å². The normalized spacial score (nSPS) is 12.5. The number of aromatic nitrogens is 1. The molecule has 0 unspecified atom stereocenters. The summed E-state index contributed by atoms with van der Waals surface area (Å²) in [6.07, 6.45) is 1.20. The van der Waals surface area contributed by atoms with Crippen LogP contribution in [0.25, 0.3) is 22.0 Å². The fourth-order valence-corrected chi connectivity index (χ4v) is 4.54. The minimum Gasteiger partial charge on any atom is -0.345 e. The molecule has 0 radical (unpaired) electrons. The van der Waals surface area contributed by atoms with Gasteiger partial charge in [-0.3, -0.25) is 4.79 Å². The van der Waals surface area contributed by atoms with Crippen molar-refractivity contribution in [1.82, 2.24) is 9.47 Å². The molecule has 1 amide bonds. The van der Waals surface area contributed by atoms with Crippen LogP contribution in [0.2, 0.25) is 0 Å². The molecule has 0 atom stereocenters. The third-order valence-corrected chi connectivity index (χ3v) is 6.85. The molecule has 3 aromatic rings. The van der Waals surface area contributed by atoms with Crippen molar-refractivity contribution in [1.29, 1.82) is 0 Å². The van der Waals surface area contributed by atoms with E-state index in [1.807, 2.05) is 0 Å². The molecular weight excluding hydrogens is 510 g/mol. The lowest BCUT2D eigenvalue weighted by Crippen LogP contribution is -2.23. The van der Waals surface area contributed by atoms with Gasteiger partial charge in [0.25, 0.3) is 15.7 Å². The smallest absolute Gasteiger partial charge is 0.345 e. The highest BCUT2D eigenvalue weighted by Crippen LogP contribution is 2.38. The highest BCUT2D eigenvalue weighted by molar-refractivity contribution is 7.92. The van der Waals surface area contributed by atoms with Gasteiger partial charge in [0.1, 0.15) is 5.83 Å². The number of fused-ring (bicyclic) bond motifs is 1. The first-order valence-corrected chi connectivity index (χ1v) is 11.6. The van der Waals surface area contributed by atoms with Gasteiger partial charge in [0, 0.05) is 48.4 Å². The summed E-state index contributed by atoms with van der Waals surface area (Å²) in [5.41, 5.74) is 1.81. The number of rotatable bonds is 6. The van der Waals surface area contributed by atoms with E-state index in [1.165, 1.54) is 23.1 Å². The number of sulfone groups is 1. The summed E-state index contributed by atoms with van der Waals surface area (Å²) in [7, 11) is -2.43. The maximum Gasteiger partial charge on any atom is 0.501 e. The number of allylic oxidation sites excluding steroid dienone is 1. The van der Waals surface area contributed by atoms with Gasteiger partial charge < -0.3 is 15.2 Å². The molecule has 0 aliphatic carbocycles. The average molecular weight is 534 g/mol. The third kappa shape index (κ3) is 5.36. The van der Waals surface area contributed by atoms with Crippen molar-refractivity contribution in [3.63, 3.8) is 0 Å². The molecule has 0 aliphatic rings. The first-order valence-electron chi connectivity index (χ1n) is 10.1. The number of nitrogens with two attached hydrogens (primary N) is 1. The van der Waals surface area contributed by atoms with Crippen LogP contribution < -0.4 is 5.73 Å². The van der Waals surface area contributed by atoms with Crippen LogP contribution >= 0.6 is 12.4 Å². The molecular formula is C23H24ClF4N3O3S. The molecule has 0 fully saturated rings. The number of halogens is 5. The summed E-state index contributed by atoms with van der Waals surface area (Å²) in [5, 5.41) is 0.465. The second kappa shape index (κ2) is 10.4. The van der Waals surface area contributed by atoms with Crippen LogP contribution in [0.15, 0.2) is 59.3 Å². The summed E-state index contributed by atoms with van der Waals surface area (Å²) in [6.45, 7) is 1.43. The Morgan fingerprint density at radius 3 is 2.37 bits per heavy atom. The van der Waals surface area contributed by atoms with Crippen molar-refractivity contribution in [3.8, 4) is 11.1 Å². The molecule has 0 saturated heterocycles. The van der Waals surface area contributed by atoms with E-state index in [1.54, 1.807) is 43.8 Å². The molecule has 0 spiro atoms. The molecule has 12 heteroatoms. The standard InChI is InChI=1S/C23H23F4N3O3S.ClH/c1-14-21(15-5-4-6-18(11-15)34(32,33)23(25,26)27)19-12-16(22(31)29(2)3)7-8-20(19)30(14)13-17(24)9-10-28;/h4-9,11-12H,10,13,28H2,1-3H3;1H. The van der Waals surface area contributed by atoms with Crippen LogP contribution in [0.5, 0.6) is 0 Å². The molecule has 0 saturated carbocycles.